The highest BCUT2D eigenvalue weighted by atomic mass is 35.5. The van der Waals surface area contributed by atoms with Crippen LogP contribution in [0.4, 0.5) is 5.69 Å². The lowest BCUT2D eigenvalue weighted by atomic mass is 10.2. The zero-order chi connectivity index (χ0) is 10.4. The molecule has 0 unspecified atom stereocenters. The molecule has 14 heavy (non-hydrogen) atoms. The second kappa shape index (κ2) is 5.31. The molecular weight excluding hydrogens is 196 g/mol. The largest absolute Gasteiger partial charge is 0.380 e. The molecule has 0 atom stereocenters. The number of allylic oxidation sites excluding steroid dienone is 1. The van der Waals surface area contributed by atoms with E-state index in [0.29, 0.717) is 17.1 Å². The Morgan fingerprint density at radius 2 is 2.36 bits per heavy atom. The minimum absolute atomic E-state index is 0.610. The molecule has 1 rings (SSSR count). The van der Waals surface area contributed by atoms with Crippen LogP contribution >= 0.6 is 11.6 Å². The van der Waals surface area contributed by atoms with Crippen molar-refractivity contribution >= 4 is 17.3 Å². The highest BCUT2D eigenvalue weighted by molar-refractivity contribution is 6.30. The maximum absolute atomic E-state index is 8.81. The zero-order valence-electron chi connectivity index (χ0n) is 7.92. The summed E-state index contributed by atoms with van der Waals surface area (Å²) in [6.07, 6.45) is 3.92. The van der Waals surface area contributed by atoms with E-state index < -0.39 is 0 Å². The van der Waals surface area contributed by atoms with Crippen LogP contribution in [0.3, 0.4) is 0 Å². The summed E-state index contributed by atoms with van der Waals surface area (Å²) in [5.41, 5.74) is 1.39. The van der Waals surface area contributed by atoms with Crippen LogP contribution in [0.2, 0.25) is 5.02 Å². The number of halogens is 1. The normalized spacial score (nSPS) is 10.1. The maximum atomic E-state index is 8.81. The van der Waals surface area contributed by atoms with E-state index in [2.05, 4.69) is 11.4 Å². The summed E-state index contributed by atoms with van der Waals surface area (Å²) in [6.45, 7) is 2.65. The molecule has 0 heterocycles. The predicted octanol–water partition coefficient (Wildman–Crippen LogP) is 3.20. The Balaban J connectivity index is 2.83. The van der Waals surface area contributed by atoms with Gasteiger partial charge in [0, 0.05) is 11.6 Å². The SMILES string of the molecule is C/C=C/CNc1cc(Cl)ccc1C#N. The zero-order valence-corrected chi connectivity index (χ0v) is 8.67. The van der Waals surface area contributed by atoms with Crippen molar-refractivity contribution in [1.82, 2.24) is 0 Å². The van der Waals surface area contributed by atoms with E-state index in [1.165, 1.54) is 0 Å². The molecule has 0 radical (unpaired) electrons. The van der Waals surface area contributed by atoms with E-state index in [0.717, 1.165) is 5.69 Å². The molecule has 0 fully saturated rings. The second-order valence-electron chi connectivity index (χ2n) is 2.75. The molecule has 1 N–H and O–H groups in total. The van der Waals surface area contributed by atoms with Crippen molar-refractivity contribution in [2.45, 2.75) is 6.92 Å². The summed E-state index contributed by atoms with van der Waals surface area (Å²) in [5.74, 6) is 0. The van der Waals surface area contributed by atoms with Crippen LogP contribution in [0.1, 0.15) is 12.5 Å². The lowest BCUT2D eigenvalue weighted by Gasteiger charge is -2.05. The van der Waals surface area contributed by atoms with Crippen molar-refractivity contribution in [3.63, 3.8) is 0 Å². The quantitative estimate of drug-likeness (QED) is 0.771. The molecule has 0 bridgehead atoms. The summed E-state index contributed by atoms with van der Waals surface area (Å²) >= 11 is 5.82. The van der Waals surface area contributed by atoms with Gasteiger partial charge in [0.25, 0.3) is 0 Å². The highest BCUT2D eigenvalue weighted by Crippen LogP contribution is 2.19. The number of nitriles is 1. The van der Waals surface area contributed by atoms with E-state index >= 15 is 0 Å². The van der Waals surface area contributed by atoms with Crippen molar-refractivity contribution in [3.05, 3.63) is 40.9 Å². The van der Waals surface area contributed by atoms with Gasteiger partial charge in [-0.05, 0) is 25.1 Å². The smallest absolute Gasteiger partial charge is 0.101 e. The van der Waals surface area contributed by atoms with Gasteiger partial charge in [-0.15, -0.1) is 0 Å². The first-order valence-corrected chi connectivity index (χ1v) is 4.70. The molecule has 1 aromatic rings. The fraction of sp³-hybridized carbons (Fsp3) is 0.182. The number of nitrogens with zero attached hydrogens (tertiary/aromatic N) is 1. The molecule has 0 saturated heterocycles. The van der Waals surface area contributed by atoms with Gasteiger partial charge in [0.1, 0.15) is 6.07 Å². The molecule has 0 aliphatic carbocycles. The summed E-state index contributed by atoms with van der Waals surface area (Å²) < 4.78 is 0. The van der Waals surface area contributed by atoms with Gasteiger partial charge >= 0.3 is 0 Å². The number of hydrogen-bond donors (Lipinski definition) is 1. The van der Waals surface area contributed by atoms with Crippen molar-refractivity contribution in [3.8, 4) is 6.07 Å². The van der Waals surface area contributed by atoms with Crippen LogP contribution in [-0.2, 0) is 0 Å². The summed E-state index contributed by atoms with van der Waals surface area (Å²) in [5, 5.41) is 12.6. The molecule has 0 aliphatic rings. The van der Waals surface area contributed by atoms with Crippen molar-refractivity contribution in [1.29, 1.82) is 5.26 Å². The van der Waals surface area contributed by atoms with Crippen molar-refractivity contribution < 1.29 is 0 Å². The molecule has 0 aliphatic heterocycles. The molecule has 1 aromatic carbocycles. The molecule has 0 spiro atoms. The van der Waals surface area contributed by atoms with Crippen LogP contribution in [0.25, 0.3) is 0 Å². The lowest BCUT2D eigenvalue weighted by molar-refractivity contribution is 1.31. The number of hydrogen-bond acceptors (Lipinski definition) is 2. The first-order chi connectivity index (χ1) is 6.77. The summed E-state index contributed by atoms with van der Waals surface area (Å²) in [4.78, 5) is 0. The molecule has 0 aromatic heterocycles. The predicted molar refractivity (Wildman–Crippen MR) is 59.5 cm³/mol. The molecule has 0 amide bonds. The summed E-state index contributed by atoms with van der Waals surface area (Å²) in [6, 6.07) is 7.28. The number of anilines is 1. The average molecular weight is 207 g/mol. The Bertz CT molecular complexity index is 377. The van der Waals surface area contributed by atoms with Gasteiger partial charge in [-0.1, -0.05) is 23.8 Å². The van der Waals surface area contributed by atoms with Gasteiger partial charge in [-0.2, -0.15) is 5.26 Å². The monoisotopic (exact) mass is 206 g/mol. The van der Waals surface area contributed by atoms with E-state index in [1.54, 1.807) is 18.2 Å². The highest BCUT2D eigenvalue weighted by Gasteiger charge is 2.00. The van der Waals surface area contributed by atoms with Gasteiger partial charge < -0.3 is 5.32 Å². The first-order valence-electron chi connectivity index (χ1n) is 4.32. The van der Waals surface area contributed by atoms with Gasteiger partial charge in [-0.25, -0.2) is 0 Å². The van der Waals surface area contributed by atoms with Crippen LogP contribution in [0, 0.1) is 11.3 Å². The fourth-order valence-electron chi connectivity index (χ4n) is 1.05. The lowest BCUT2D eigenvalue weighted by Crippen LogP contribution is -2.00. The van der Waals surface area contributed by atoms with E-state index in [-0.39, 0.29) is 0 Å². The molecular formula is C11H11ClN2. The first kappa shape index (κ1) is 10.6. The Labute approximate surface area is 88.8 Å². The third-order valence-corrected chi connectivity index (χ3v) is 1.98. The van der Waals surface area contributed by atoms with E-state index in [4.69, 9.17) is 16.9 Å². The third kappa shape index (κ3) is 2.79. The van der Waals surface area contributed by atoms with Gasteiger partial charge in [-0.3, -0.25) is 0 Å². The standard InChI is InChI=1S/C11H11ClN2/c1-2-3-6-14-11-7-10(12)5-4-9(11)8-13/h2-5,7,14H,6H2,1H3/b3-2+. The van der Waals surface area contributed by atoms with Crippen molar-refractivity contribution in [2.24, 2.45) is 0 Å². The molecule has 2 nitrogen and oxygen atoms in total. The fourth-order valence-corrected chi connectivity index (χ4v) is 1.22. The Morgan fingerprint density at radius 1 is 1.57 bits per heavy atom. The average Bonchev–Trinajstić information content (AvgIpc) is 2.19. The van der Waals surface area contributed by atoms with Gasteiger partial charge in [0.2, 0.25) is 0 Å². The Morgan fingerprint density at radius 3 is 3.00 bits per heavy atom. The number of nitrogens with one attached hydrogen (secondary N) is 1. The van der Waals surface area contributed by atoms with Gasteiger partial charge in [0.05, 0.1) is 11.3 Å². The van der Waals surface area contributed by atoms with E-state index in [1.807, 2.05) is 19.1 Å². The number of rotatable bonds is 3. The van der Waals surface area contributed by atoms with Crippen LogP contribution in [-0.4, -0.2) is 6.54 Å². The Kier molecular flexibility index (Phi) is 4.03. The molecule has 0 saturated carbocycles. The molecule has 3 heteroatoms. The number of benzene rings is 1. The van der Waals surface area contributed by atoms with Crippen LogP contribution in [0.5, 0.6) is 0 Å². The van der Waals surface area contributed by atoms with E-state index in [9.17, 15) is 0 Å². The maximum Gasteiger partial charge on any atom is 0.101 e. The minimum Gasteiger partial charge on any atom is -0.380 e. The topological polar surface area (TPSA) is 35.8 Å². The minimum atomic E-state index is 0.610. The molecule has 72 valence electrons. The Hall–Kier alpha value is -1.46. The van der Waals surface area contributed by atoms with Crippen LogP contribution < -0.4 is 5.32 Å². The van der Waals surface area contributed by atoms with Crippen LogP contribution in [0.15, 0.2) is 30.4 Å². The van der Waals surface area contributed by atoms with Crippen molar-refractivity contribution in [2.75, 3.05) is 11.9 Å². The summed E-state index contributed by atoms with van der Waals surface area (Å²) in [7, 11) is 0. The second-order valence-corrected chi connectivity index (χ2v) is 3.19. The van der Waals surface area contributed by atoms with Gasteiger partial charge in [0.15, 0.2) is 0 Å². The third-order valence-electron chi connectivity index (χ3n) is 1.75.